The van der Waals surface area contributed by atoms with Crippen LogP contribution in [-0.2, 0) is 15.0 Å². The fourth-order valence-corrected chi connectivity index (χ4v) is 3.89. The summed E-state index contributed by atoms with van der Waals surface area (Å²) in [6.07, 6.45) is -3.75. The predicted molar refractivity (Wildman–Crippen MR) is 104 cm³/mol. The molecule has 2 aromatic carbocycles. The van der Waals surface area contributed by atoms with E-state index >= 15 is 0 Å². The van der Waals surface area contributed by atoms with Gasteiger partial charge in [0, 0.05) is 36.1 Å². The number of halogens is 2. The number of hydrogen-bond donors (Lipinski definition) is 2. The zero-order valence-electron chi connectivity index (χ0n) is 16.4. The maximum atomic E-state index is 13.3. The molecule has 0 bridgehead atoms. The minimum Gasteiger partial charge on any atom is -0.492 e. The zero-order chi connectivity index (χ0) is 22.0. The highest BCUT2D eigenvalue weighted by Gasteiger charge is 2.48. The predicted octanol–water partition coefficient (Wildman–Crippen LogP) is 2.82. The fraction of sp³-hybridized carbons (Fsp3) is 0.333. The van der Waals surface area contributed by atoms with Crippen LogP contribution in [0.4, 0.5) is 20.2 Å². The molecule has 1 fully saturated rings. The number of carboxylic acid groups (broad SMARTS) is 1. The standard InChI is InChI=1S/C21H18F2N2O6/c1-20(10-29-15-7-17-16(6-14(15)20)30-21(22,23)31-17)19(28)24-12-2-4-13(5-3-12)25-8-11(9-25)18(26)27/h2-7,11H,8-10H2,1H3,(H,24,28)(H,26,27). The quantitative estimate of drug-likeness (QED) is 0.767. The number of aliphatic carboxylic acids is 1. The number of carboxylic acids is 1. The smallest absolute Gasteiger partial charge is 0.492 e. The molecule has 5 rings (SSSR count). The number of rotatable bonds is 4. The summed E-state index contributed by atoms with van der Waals surface area (Å²) in [5.74, 6) is -1.53. The van der Waals surface area contributed by atoms with Gasteiger partial charge >= 0.3 is 12.3 Å². The lowest BCUT2D eigenvalue weighted by atomic mass is 9.83. The first-order valence-electron chi connectivity index (χ1n) is 9.61. The Labute approximate surface area is 175 Å². The maximum Gasteiger partial charge on any atom is 0.586 e. The number of carbonyl (C=O) groups excluding carboxylic acids is 1. The molecule has 0 aromatic heterocycles. The van der Waals surface area contributed by atoms with Crippen molar-refractivity contribution in [2.24, 2.45) is 5.92 Å². The van der Waals surface area contributed by atoms with Gasteiger partial charge in [0.15, 0.2) is 11.5 Å². The highest BCUT2D eigenvalue weighted by molar-refractivity contribution is 6.00. The van der Waals surface area contributed by atoms with E-state index in [9.17, 15) is 18.4 Å². The van der Waals surface area contributed by atoms with Gasteiger partial charge in [0.1, 0.15) is 17.8 Å². The molecule has 0 radical (unpaired) electrons. The van der Waals surface area contributed by atoms with Crippen molar-refractivity contribution in [2.75, 3.05) is 29.9 Å². The van der Waals surface area contributed by atoms with Gasteiger partial charge in [-0.25, -0.2) is 0 Å². The first kappa shape index (κ1) is 19.4. The second-order valence-electron chi connectivity index (χ2n) is 8.02. The number of hydrogen-bond acceptors (Lipinski definition) is 6. The Morgan fingerprint density at radius 1 is 1.10 bits per heavy atom. The number of ether oxygens (including phenoxy) is 3. The van der Waals surface area contributed by atoms with Crippen molar-refractivity contribution in [1.82, 2.24) is 0 Å². The van der Waals surface area contributed by atoms with Crippen molar-refractivity contribution in [3.05, 3.63) is 42.0 Å². The molecule has 162 valence electrons. The van der Waals surface area contributed by atoms with Crippen molar-refractivity contribution in [3.63, 3.8) is 0 Å². The van der Waals surface area contributed by atoms with Gasteiger partial charge in [0.2, 0.25) is 5.91 Å². The lowest BCUT2D eigenvalue weighted by Crippen LogP contribution is -2.50. The van der Waals surface area contributed by atoms with Crippen molar-refractivity contribution in [3.8, 4) is 17.2 Å². The van der Waals surface area contributed by atoms with Crippen LogP contribution in [0.1, 0.15) is 12.5 Å². The molecule has 0 aliphatic carbocycles. The van der Waals surface area contributed by atoms with E-state index in [0.29, 0.717) is 30.1 Å². The van der Waals surface area contributed by atoms with E-state index in [4.69, 9.17) is 9.84 Å². The van der Waals surface area contributed by atoms with Crippen LogP contribution >= 0.6 is 0 Å². The van der Waals surface area contributed by atoms with Gasteiger partial charge in [-0.15, -0.1) is 8.78 Å². The topological polar surface area (TPSA) is 97.3 Å². The fourth-order valence-electron chi connectivity index (χ4n) is 3.89. The third kappa shape index (κ3) is 3.18. The van der Waals surface area contributed by atoms with E-state index in [2.05, 4.69) is 14.8 Å². The molecule has 1 amide bonds. The van der Waals surface area contributed by atoms with E-state index in [1.165, 1.54) is 12.1 Å². The summed E-state index contributed by atoms with van der Waals surface area (Å²) in [5.41, 5.74) is 0.731. The third-order valence-electron chi connectivity index (χ3n) is 5.84. The van der Waals surface area contributed by atoms with E-state index in [1.807, 2.05) is 4.90 Å². The first-order valence-corrected chi connectivity index (χ1v) is 9.61. The lowest BCUT2D eigenvalue weighted by Gasteiger charge is -2.38. The molecule has 1 atom stereocenters. The summed E-state index contributed by atoms with van der Waals surface area (Å²) in [6, 6.07) is 9.70. The number of alkyl halides is 2. The number of nitrogens with one attached hydrogen (secondary N) is 1. The Bertz CT molecular complexity index is 1080. The van der Waals surface area contributed by atoms with Gasteiger partial charge in [0.25, 0.3) is 0 Å². The van der Waals surface area contributed by atoms with Crippen LogP contribution < -0.4 is 24.4 Å². The zero-order valence-corrected chi connectivity index (χ0v) is 16.4. The van der Waals surface area contributed by atoms with Crippen LogP contribution in [0, 0.1) is 5.92 Å². The first-order chi connectivity index (χ1) is 14.6. The number of carbonyl (C=O) groups is 2. The van der Waals surface area contributed by atoms with Crippen LogP contribution in [0.25, 0.3) is 0 Å². The normalized spacial score (nSPS) is 23.0. The molecule has 3 heterocycles. The summed E-state index contributed by atoms with van der Waals surface area (Å²) in [7, 11) is 0. The summed E-state index contributed by atoms with van der Waals surface area (Å²) in [6.45, 7) is 2.59. The molecule has 10 heteroatoms. The van der Waals surface area contributed by atoms with Crippen LogP contribution in [0.15, 0.2) is 36.4 Å². The Hall–Kier alpha value is -3.56. The molecule has 2 aromatic rings. The van der Waals surface area contributed by atoms with Crippen molar-refractivity contribution >= 4 is 23.3 Å². The van der Waals surface area contributed by atoms with E-state index in [0.717, 1.165) is 5.69 Å². The third-order valence-corrected chi connectivity index (χ3v) is 5.84. The highest BCUT2D eigenvalue weighted by Crippen LogP contribution is 2.50. The highest BCUT2D eigenvalue weighted by atomic mass is 19.3. The van der Waals surface area contributed by atoms with Crippen molar-refractivity contribution < 1.29 is 37.7 Å². The summed E-state index contributed by atoms with van der Waals surface area (Å²) >= 11 is 0. The van der Waals surface area contributed by atoms with Crippen LogP contribution in [0.2, 0.25) is 0 Å². The summed E-state index contributed by atoms with van der Waals surface area (Å²) < 4.78 is 41.2. The molecular weight excluding hydrogens is 414 g/mol. The minimum absolute atomic E-state index is 0.0376. The Kier molecular flexibility index (Phi) is 4.05. The molecule has 2 N–H and O–H groups in total. The molecule has 3 aliphatic heterocycles. The molecular formula is C21H18F2N2O6. The molecule has 0 spiro atoms. The van der Waals surface area contributed by atoms with E-state index < -0.39 is 17.7 Å². The van der Waals surface area contributed by atoms with Gasteiger partial charge in [0.05, 0.1) is 5.92 Å². The van der Waals surface area contributed by atoms with Gasteiger partial charge in [-0.2, -0.15) is 0 Å². The monoisotopic (exact) mass is 432 g/mol. The van der Waals surface area contributed by atoms with Gasteiger partial charge in [-0.05, 0) is 37.3 Å². The molecule has 8 nitrogen and oxygen atoms in total. The largest absolute Gasteiger partial charge is 0.586 e. The number of nitrogens with zero attached hydrogens (tertiary/aromatic N) is 1. The minimum atomic E-state index is -3.75. The number of anilines is 2. The van der Waals surface area contributed by atoms with Crippen molar-refractivity contribution in [1.29, 1.82) is 0 Å². The lowest BCUT2D eigenvalue weighted by molar-refractivity contribution is -0.286. The molecule has 1 saturated heterocycles. The average Bonchev–Trinajstić information content (AvgIpc) is 3.15. The van der Waals surface area contributed by atoms with Crippen LogP contribution in [0.5, 0.6) is 17.2 Å². The Balaban J connectivity index is 1.30. The maximum absolute atomic E-state index is 13.3. The van der Waals surface area contributed by atoms with Gasteiger partial charge in [-0.1, -0.05) is 0 Å². The van der Waals surface area contributed by atoms with E-state index in [-0.39, 0.29) is 29.9 Å². The molecule has 0 saturated carbocycles. The van der Waals surface area contributed by atoms with E-state index in [1.54, 1.807) is 31.2 Å². The van der Waals surface area contributed by atoms with Gasteiger partial charge in [-0.3, -0.25) is 9.59 Å². The summed E-state index contributed by atoms with van der Waals surface area (Å²) in [5, 5.41) is 11.8. The SMILES string of the molecule is CC1(C(=O)Nc2ccc(N3CC(C(=O)O)C3)cc2)COc2cc3c(cc21)OC(F)(F)O3. The van der Waals surface area contributed by atoms with Gasteiger partial charge < -0.3 is 29.5 Å². The molecule has 1 unspecified atom stereocenters. The second kappa shape index (κ2) is 6.47. The Morgan fingerprint density at radius 3 is 2.39 bits per heavy atom. The summed E-state index contributed by atoms with van der Waals surface area (Å²) in [4.78, 5) is 25.9. The average molecular weight is 432 g/mol. The van der Waals surface area contributed by atoms with Crippen LogP contribution in [0.3, 0.4) is 0 Å². The number of benzene rings is 2. The van der Waals surface area contributed by atoms with Crippen LogP contribution in [-0.4, -0.2) is 43.0 Å². The second-order valence-corrected chi connectivity index (χ2v) is 8.02. The molecule has 3 aliphatic rings. The van der Waals surface area contributed by atoms with Crippen molar-refractivity contribution in [2.45, 2.75) is 18.6 Å². The molecule has 31 heavy (non-hydrogen) atoms. The number of fused-ring (bicyclic) bond motifs is 2. The number of amides is 1. The Morgan fingerprint density at radius 2 is 1.74 bits per heavy atom.